The molecule has 0 aromatic heterocycles. The van der Waals surface area contributed by atoms with Crippen LogP contribution in [0.4, 0.5) is 13.2 Å². The lowest BCUT2D eigenvalue weighted by molar-refractivity contribution is -0.130. The zero-order valence-corrected chi connectivity index (χ0v) is 11.5. The van der Waals surface area contributed by atoms with E-state index >= 15 is 0 Å². The fraction of sp³-hybridized carbons (Fsp3) is 1.00. The molecular formula is C7H14F3IMgO. The molecule has 0 aliphatic rings. The summed E-state index contributed by atoms with van der Waals surface area (Å²) in [4.78, 5) is 0. The summed E-state index contributed by atoms with van der Waals surface area (Å²) < 4.78 is 39.0. The Balaban J connectivity index is 0. The zero-order chi connectivity index (χ0) is 10.7. The molecule has 0 aromatic rings. The van der Waals surface area contributed by atoms with Gasteiger partial charge in [-0.3, -0.25) is 0 Å². The molecule has 1 nitrogen and oxygen atoms in total. The van der Waals surface area contributed by atoms with Gasteiger partial charge in [0.05, 0.1) is 0 Å². The summed E-state index contributed by atoms with van der Waals surface area (Å²) in [6.07, 6.45) is -4.50. The Morgan fingerprint density at radius 1 is 1.23 bits per heavy atom. The van der Waals surface area contributed by atoms with Gasteiger partial charge < -0.3 is 23.6 Å². The number of ether oxygens (including phenoxy) is 1. The van der Waals surface area contributed by atoms with Crippen molar-refractivity contribution in [3.8, 4) is 0 Å². The van der Waals surface area contributed by atoms with Gasteiger partial charge in [-0.2, -0.15) is 13.2 Å². The highest BCUT2D eigenvalue weighted by Crippen LogP contribution is 2.21. The van der Waals surface area contributed by atoms with Crippen molar-refractivity contribution in [3.05, 3.63) is 0 Å². The van der Waals surface area contributed by atoms with E-state index in [4.69, 9.17) is 4.74 Å². The van der Waals surface area contributed by atoms with Gasteiger partial charge in [0, 0.05) is 19.6 Å². The first kappa shape index (κ1) is 16.7. The van der Waals surface area contributed by atoms with Crippen LogP contribution in [0.25, 0.3) is 0 Å². The Kier molecular flexibility index (Phi) is 14.5. The Morgan fingerprint density at radius 3 is 1.77 bits per heavy atom. The summed E-state index contributed by atoms with van der Waals surface area (Å²) in [5, 5.41) is 0. The van der Waals surface area contributed by atoms with E-state index in [0.29, 0.717) is 4.55 Å². The molecule has 0 aliphatic heterocycles. The average molecular weight is 322 g/mol. The molecule has 0 aromatic carbocycles. The lowest BCUT2D eigenvalue weighted by Crippen LogP contribution is -2.06. The predicted octanol–water partition coefficient (Wildman–Crippen LogP) is 3.45. The quantitative estimate of drug-likeness (QED) is 0.569. The molecule has 0 N–H and O–H groups in total. The lowest BCUT2D eigenvalue weighted by Gasteiger charge is -2.01. The Morgan fingerprint density at radius 2 is 1.69 bits per heavy atom. The van der Waals surface area contributed by atoms with E-state index in [9.17, 15) is 13.2 Å². The van der Waals surface area contributed by atoms with Crippen LogP contribution in [0.2, 0.25) is 4.55 Å². The standard InChI is InChI=1S/C4H10O.C3H4F3.HI.Mg/c1-3-5-4-2;1-2-3(4,5)6;;/h3-4H2,1-2H3;1-2H2;1H;/q;;;+1/p-1. The Labute approximate surface area is 96.9 Å². The van der Waals surface area contributed by atoms with Crippen molar-refractivity contribution < 1.29 is 17.9 Å². The normalized spacial score (nSPS) is 10.0. The maximum atomic E-state index is 11.3. The van der Waals surface area contributed by atoms with E-state index in [1.807, 2.05) is 13.8 Å². The van der Waals surface area contributed by atoms with Crippen LogP contribution in [-0.4, -0.2) is 35.9 Å². The van der Waals surface area contributed by atoms with Crippen molar-refractivity contribution in [3.63, 3.8) is 0 Å². The Hall–Kier alpha value is 1.25. The second-order valence-electron chi connectivity index (χ2n) is 2.19. The SMILES string of the molecule is CCOCC.FC(F)(F)C[CH2][Mg][I]. The van der Waals surface area contributed by atoms with E-state index in [0.717, 1.165) is 13.2 Å². The van der Waals surface area contributed by atoms with Crippen molar-refractivity contribution >= 4 is 35.3 Å². The average Bonchev–Trinajstić information content (AvgIpc) is 2.02. The van der Waals surface area contributed by atoms with E-state index in [-0.39, 0.29) is 0 Å². The highest BCUT2D eigenvalue weighted by atomic mass is 127. The van der Waals surface area contributed by atoms with Gasteiger partial charge in [-0.1, -0.05) is 0 Å². The van der Waals surface area contributed by atoms with Gasteiger partial charge in [0.25, 0.3) is 0 Å². The maximum absolute atomic E-state index is 11.3. The molecule has 0 saturated carbocycles. The fourth-order valence-electron chi connectivity index (χ4n) is 0.471. The van der Waals surface area contributed by atoms with Gasteiger partial charge in [-0.15, -0.1) is 4.55 Å². The first-order valence-electron chi connectivity index (χ1n) is 4.18. The van der Waals surface area contributed by atoms with E-state index < -0.39 is 29.1 Å². The van der Waals surface area contributed by atoms with Gasteiger partial charge >= 0.3 is 22.7 Å². The summed E-state index contributed by atoms with van der Waals surface area (Å²) in [7, 11) is 0. The zero-order valence-electron chi connectivity index (χ0n) is 7.96. The van der Waals surface area contributed by atoms with Crippen LogP contribution in [0.5, 0.6) is 0 Å². The third-order valence-corrected chi connectivity index (χ3v) is 3.91. The minimum Gasteiger partial charge on any atom is -0.382 e. The highest BCUT2D eigenvalue weighted by molar-refractivity contribution is 14.1. The smallest absolute Gasteiger partial charge is 0.382 e. The first-order valence-corrected chi connectivity index (χ1v) is 10.3. The van der Waals surface area contributed by atoms with Gasteiger partial charge in [0.1, 0.15) is 0 Å². The minimum atomic E-state index is -3.92. The summed E-state index contributed by atoms with van der Waals surface area (Å²) in [6, 6.07) is 0. The van der Waals surface area contributed by atoms with Crippen LogP contribution in [0, 0.1) is 0 Å². The highest BCUT2D eigenvalue weighted by Gasteiger charge is 2.25. The van der Waals surface area contributed by atoms with E-state index in [1.165, 1.54) is 0 Å². The Bertz CT molecular complexity index is 98.2. The van der Waals surface area contributed by atoms with Gasteiger partial charge in [-0.25, -0.2) is 0 Å². The molecule has 0 spiro atoms. The van der Waals surface area contributed by atoms with Crippen molar-refractivity contribution in [1.29, 1.82) is 0 Å². The molecule has 0 unspecified atom stereocenters. The third kappa shape index (κ3) is 24.6. The molecule has 6 heteroatoms. The largest absolute Gasteiger partial charge is 0.464 e. The summed E-state index contributed by atoms with van der Waals surface area (Å²) in [5.74, 6) is 0. The van der Waals surface area contributed by atoms with Crippen LogP contribution in [-0.2, 0) is 4.74 Å². The minimum absolute atomic E-state index is 0.379. The van der Waals surface area contributed by atoms with Crippen molar-refractivity contribution in [1.82, 2.24) is 0 Å². The molecule has 0 atom stereocenters. The molecule has 0 bridgehead atoms. The number of rotatable bonds is 4. The fourth-order valence-corrected chi connectivity index (χ4v) is 2.15. The molecule has 0 aliphatic carbocycles. The molecule has 0 amide bonds. The second-order valence-corrected chi connectivity index (χ2v) is 6.51. The van der Waals surface area contributed by atoms with E-state index in [1.54, 1.807) is 0 Å². The summed E-state index contributed by atoms with van der Waals surface area (Å²) in [6.45, 7) is 5.67. The van der Waals surface area contributed by atoms with Crippen LogP contribution in [0.1, 0.15) is 20.3 Å². The van der Waals surface area contributed by atoms with E-state index in [2.05, 4.69) is 18.9 Å². The van der Waals surface area contributed by atoms with Crippen molar-refractivity contribution in [2.75, 3.05) is 13.2 Å². The topological polar surface area (TPSA) is 9.23 Å². The number of halogens is 4. The number of hydrogen-bond donors (Lipinski definition) is 0. The van der Waals surface area contributed by atoms with Crippen molar-refractivity contribution in [2.45, 2.75) is 31.0 Å². The summed E-state index contributed by atoms with van der Waals surface area (Å²) >= 11 is 1.65. The van der Waals surface area contributed by atoms with Gasteiger partial charge in [0.15, 0.2) is 0 Å². The number of hydrogen-bond acceptors (Lipinski definition) is 1. The van der Waals surface area contributed by atoms with Crippen LogP contribution in [0.3, 0.4) is 0 Å². The summed E-state index contributed by atoms with van der Waals surface area (Å²) in [5.41, 5.74) is 0. The molecule has 0 fully saturated rings. The van der Waals surface area contributed by atoms with Gasteiger partial charge in [-0.05, 0) is 13.8 Å². The number of alkyl halides is 3. The molecule has 0 rings (SSSR count). The maximum Gasteiger partial charge on any atom is 0.464 e. The molecular weight excluding hydrogens is 308 g/mol. The molecule has 78 valence electrons. The van der Waals surface area contributed by atoms with Crippen LogP contribution in [0.15, 0.2) is 0 Å². The predicted molar refractivity (Wildman–Crippen MR) is 57.4 cm³/mol. The first-order chi connectivity index (χ1) is 5.97. The lowest BCUT2D eigenvalue weighted by atomic mass is 10.5. The third-order valence-electron chi connectivity index (χ3n) is 1.00. The van der Waals surface area contributed by atoms with Crippen LogP contribution < -0.4 is 0 Å². The van der Waals surface area contributed by atoms with Crippen LogP contribution >= 0.6 is 18.9 Å². The molecule has 0 heterocycles. The van der Waals surface area contributed by atoms with Crippen molar-refractivity contribution in [2.24, 2.45) is 0 Å². The molecule has 0 saturated heterocycles. The monoisotopic (exact) mass is 322 g/mol. The second kappa shape index (κ2) is 11.3. The molecule has 0 radical (unpaired) electrons. The molecule has 13 heavy (non-hydrogen) atoms. The van der Waals surface area contributed by atoms with Gasteiger partial charge in [0.2, 0.25) is 0 Å².